The summed E-state index contributed by atoms with van der Waals surface area (Å²) in [5.41, 5.74) is 0.491. The van der Waals surface area contributed by atoms with E-state index in [1.54, 1.807) is 39.3 Å². The quantitative estimate of drug-likeness (QED) is 0.676. The van der Waals surface area contributed by atoms with Gasteiger partial charge in [-0.2, -0.15) is 0 Å². The lowest BCUT2D eigenvalue weighted by Gasteiger charge is -2.21. The molecule has 0 aliphatic carbocycles. The number of carboxylic acid groups (broad SMARTS) is 1. The van der Waals surface area contributed by atoms with E-state index in [-0.39, 0.29) is 6.54 Å². The van der Waals surface area contributed by atoms with Crippen LogP contribution in [-0.2, 0) is 4.79 Å². The second-order valence-corrected chi connectivity index (χ2v) is 5.61. The van der Waals surface area contributed by atoms with Crippen molar-refractivity contribution in [3.63, 3.8) is 0 Å². The van der Waals surface area contributed by atoms with Crippen molar-refractivity contribution in [2.75, 3.05) is 32.6 Å². The maximum absolute atomic E-state index is 12.3. The van der Waals surface area contributed by atoms with E-state index in [1.807, 2.05) is 0 Å². The summed E-state index contributed by atoms with van der Waals surface area (Å²) in [4.78, 5) is 24.5. The Bertz CT molecular complexity index is 562. The SMILES string of the molecule is CCCCOc1ccc(OC)cc1NC(=O)N(C)CC(C)C(=O)O. The summed E-state index contributed by atoms with van der Waals surface area (Å²) in [6.45, 7) is 4.28. The van der Waals surface area contributed by atoms with Crippen molar-refractivity contribution in [1.82, 2.24) is 4.90 Å². The lowest BCUT2D eigenvalue weighted by molar-refractivity contribution is -0.141. The molecule has 0 fully saturated rings. The van der Waals surface area contributed by atoms with Gasteiger partial charge in [-0.1, -0.05) is 20.3 Å². The Hall–Kier alpha value is -2.44. The minimum Gasteiger partial charge on any atom is -0.497 e. The van der Waals surface area contributed by atoms with E-state index >= 15 is 0 Å². The van der Waals surface area contributed by atoms with Crippen LogP contribution in [0.4, 0.5) is 10.5 Å². The van der Waals surface area contributed by atoms with Crippen LogP contribution < -0.4 is 14.8 Å². The van der Waals surface area contributed by atoms with Gasteiger partial charge in [-0.25, -0.2) is 4.79 Å². The van der Waals surface area contributed by atoms with Gasteiger partial charge in [0.1, 0.15) is 11.5 Å². The van der Waals surface area contributed by atoms with E-state index in [0.29, 0.717) is 23.8 Å². The predicted molar refractivity (Wildman–Crippen MR) is 91.8 cm³/mol. The molecule has 1 aromatic rings. The Morgan fingerprint density at radius 1 is 1.38 bits per heavy atom. The molecule has 2 N–H and O–H groups in total. The Morgan fingerprint density at radius 3 is 2.67 bits per heavy atom. The number of urea groups is 1. The highest BCUT2D eigenvalue weighted by Crippen LogP contribution is 2.29. The minimum atomic E-state index is -0.945. The third-order valence-corrected chi connectivity index (χ3v) is 3.50. The maximum atomic E-state index is 12.3. The molecule has 0 radical (unpaired) electrons. The molecule has 7 heteroatoms. The zero-order valence-electron chi connectivity index (χ0n) is 14.7. The Kier molecular flexibility index (Phi) is 7.88. The van der Waals surface area contributed by atoms with Crippen molar-refractivity contribution in [3.8, 4) is 11.5 Å². The van der Waals surface area contributed by atoms with Crippen LogP contribution in [0.3, 0.4) is 0 Å². The minimum absolute atomic E-state index is 0.108. The van der Waals surface area contributed by atoms with Gasteiger partial charge in [0, 0.05) is 19.7 Å². The standard InChI is InChI=1S/C17H26N2O5/c1-5-6-9-24-15-8-7-13(23-4)10-14(15)18-17(22)19(3)11-12(2)16(20)21/h7-8,10,12H,5-6,9,11H2,1-4H3,(H,18,22)(H,20,21). The van der Waals surface area contributed by atoms with Crippen LogP contribution in [0.5, 0.6) is 11.5 Å². The number of nitrogens with zero attached hydrogens (tertiary/aromatic N) is 1. The second kappa shape index (κ2) is 9.64. The Labute approximate surface area is 142 Å². The van der Waals surface area contributed by atoms with Crippen LogP contribution in [-0.4, -0.2) is 49.3 Å². The number of hydrogen-bond acceptors (Lipinski definition) is 4. The number of carbonyl (C=O) groups is 2. The van der Waals surface area contributed by atoms with E-state index < -0.39 is 17.9 Å². The van der Waals surface area contributed by atoms with E-state index in [0.717, 1.165) is 12.8 Å². The van der Waals surface area contributed by atoms with Crippen LogP contribution in [0.1, 0.15) is 26.7 Å². The molecule has 0 aliphatic heterocycles. The summed E-state index contributed by atoms with van der Waals surface area (Å²) in [6, 6.07) is 4.77. The largest absolute Gasteiger partial charge is 0.497 e. The van der Waals surface area contributed by atoms with Gasteiger partial charge in [0.25, 0.3) is 0 Å². The highest BCUT2D eigenvalue weighted by molar-refractivity contribution is 5.91. The van der Waals surface area contributed by atoms with E-state index in [9.17, 15) is 9.59 Å². The molecule has 0 aliphatic rings. The lowest BCUT2D eigenvalue weighted by Crippen LogP contribution is -2.36. The van der Waals surface area contributed by atoms with Crippen molar-refractivity contribution in [3.05, 3.63) is 18.2 Å². The number of methoxy groups -OCH3 is 1. The summed E-state index contributed by atoms with van der Waals surface area (Å²) in [6.07, 6.45) is 1.92. The van der Waals surface area contributed by atoms with Crippen LogP contribution in [0.2, 0.25) is 0 Å². The number of nitrogens with one attached hydrogen (secondary N) is 1. The zero-order chi connectivity index (χ0) is 18.1. The smallest absolute Gasteiger partial charge is 0.321 e. The molecule has 0 heterocycles. The van der Waals surface area contributed by atoms with Gasteiger partial charge in [-0.3, -0.25) is 4.79 Å². The summed E-state index contributed by atoms with van der Waals surface area (Å²) < 4.78 is 10.9. The van der Waals surface area contributed by atoms with Gasteiger partial charge >= 0.3 is 12.0 Å². The number of aliphatic carboxylic acids is 1. The first-order valence-electron chi connectivity index (χ1n) is 7.94. The number of anilines is 1. The van der Waals surface area contributed by atoms with Crippen molar-refractivity contribution < 1.29 is 24.2 Å². The molecule has 0 aromatic heterocycles. The molecule has 1 aromatic carbocycles. The summed E-state index contributed by atoms with van der Waals surface area (Å²) in [7, 11) is 3.09. The third-order valence-electron chi connectivity index (χ3n) is 3.50. The summed E-state index contributed by atoms with van der Waals surface area (Å²) in [5.74, 6) is -0.446. The predicted octanol–water partition coefficient (Wildman–Crippen LogP) is 3.06. The van der Waals surface area contributed by atoms with Crippen molar-refractivity contribution in [1.29, 1.82) is 0 Å². The number of hydrogen-bond donors (Lipinski definition) is 2. The number of ether oxygens (including phenoxy) is 2. The Morgan fingerprint density at radius 2 is 2.08 bits per heavy atom. The number of carbonyl (C=O) groups excluding carboxylic acids is 1. The molecule has 1 unspecified atom stereocenters. The zero-order valence-corrected chi connectivity index (χ0v) is 14.7. The number of carboxylic acids is 1. The van der Waals surface area contributed by atoms with Crippen LogP contribution in [0.25, 0.3) is 0 Å². The molecular formula is C17H26N2O5. The number of unbranched alkanes of at least 4 members (excludes halogenated alkanes) is 1. The van der Waals surface area contributed by atoms with E-state index in [2.05, 4.69) is 12.2 Å². The van der Waals surface area contributed by atoms with Crippen molar-refractivity contribution in [2.24, 2.45) is 5.92 Å². The van der Waals surface area contributed by atoms with Crippen molar-refractivity contribution in [2.45, 2.75) is 26.7 Å². The first-order chi connectivity index (χ1) is 11.4. The molecule has 0 spiro atoms. The fourth-order valence-corrected chi connectivity index (χ4v) is 1.97. The average molecular weight is 338 g/mol. The van der Waals surface area contributed by atoms with Gasteiger partial charge in [0.05, 0.1) is 25.3 Å². The molecule has 0 bridgehead atoms. The fraction of sp³-hybridized carbons (Fsp3) is 0.529. The lowest BCUT2D eigenvalue weighted by atomic mass is 10.2. The van der Waals surface area contributed by atoms with Gasteiger partial charge < -0.3 is 24.8 Å². The summed E-state index contributed by atoms with van der Waals surface area (Å²) in [5, 5.41) is 11.7. The number of amides is 2. The van der Waals surface area contributed by atoms with E-state index in [4.69, 9.17) is 14.6 Å². The highest BCUT2D eigenvalue weighted by atomic mass is 16.5. The first kappa shape index (κ1) is 19.6. The van der Waals surface area contributed by atoms with E-state index in [1.165, 1.54) is 4.90 Å². The summed E-state index contributed by atoms with van der Waals surface area (Å²) >= 11 is 0. The molecule has 0 saturated heterocycles. The topological polar surface area (TPSA) is 88.1 Å². The van der Waals surface area contributed by atoms with Crippen LogP contribution in [0, 0.1) is 5.92 Å². The van der Waals surface area contributed by atoms with Gasteiger partial charge in [-0.05, 0) is 18.6 Å². The number of rotatable bonds is 9. The Balaban J connectivity index is 2.82. The second-order valence-electron chi connectivity index (χ2n) is 5.61. The molecule has 24 heavy (non-hydrogen) atoms. The van der Waals surface area contributed by atoms with Gasteiger partial charge in [-0.15, -0.1) is 0 Å². The molecule has 2 amide bonds. The molecular weight excluding hydrogens is 312 g/mol. The average Bonchev–Trinajstić information content (AvgIpc) is 2.55. The fourth-order valence-electron chi connectivity index (χ4n) is 1.97. The molecule has 0 saturated carbocycles. The monoisotopic (exact) mass is 338 g/mol. The third kappa shape index (κ3) is 5.98. The molecule has 1 rings (SSSR count). The van der Waals surface area contributed by atoms with Gasteiger partial charge in [0.2, 0.25) is 0 Å². The number of benzene rings is 1. The van der Waals surface area contributed by atoms with Crippen LogP contribution >= 0.6 is 0 Å². The first-order valence-corrected chi connectivity index (χ1v) is 7.94. The van der Waals surface area contributed by atoms with Crippen LogP contribution in [0.15, 0.2) is 18.2 Å². The maximum Gasteiger partial charge on any atom is 0.321 e. The molecule has 7 nitrogen and oxygen atoms in total. The van der Waals surface area contributed by atoms with Gasteiger partial charge in [0.15, 0.2) is 0 Å². The highest BCUT2D eigenvalue weighted by Gasteiger charge is 2.18. The van der Waals surface area contributed by atoms with Crippen molar-refractivity contribution >= 4 is 17.7 Å². The molecule has 1 atom stereocenters. The normalized spacial score (nSPS) is 11.5. The molecule has 134 valence electrons.